The fourth-order valence-electron chi connectivity index (χ4n) is 1.91. The van der Waals surface area contributed by atoms with Crippen molar-refractivity contribution in [1.82, 2.24) is 0 Å². The van der Waals surface area contributed by atoms with Crippen molar-refractivity contribution in [3.63, 3.8) is 0 Å². The molecule has 1 aromatic carbocycles. The second-order valence-corrected chi connectivity index (χ2v) is 4.12. The summed E-state index contributed by atoms with van der Waals surface area (Å²) in [6.45, 7) is 3.75. The number of benzene rings is 1. The lowest BCUT2D eigenvalue weighted by Gasteiger charge is -2.22. The summed E-state index contributed by atoms with van der Waals surface area (Å²) in [4.78, 5) is 2.04. The van der Waals surface area contributed by atoms with Crippen LogP contribution >= 0.6 is 0 Å². The third-order valence-corrected chi connectivity index (χ3v) is 2.85. The average molecular weight is 248 g/mol. The Hall–Kier alpha value is -1.81. The maximum atomic E-state index is 13.5. The summed E-state index contributed by atoms with van der Waals surface area (Å²) in [5.41, 5.74) is 7.18. The zero-order valence-corrected chi connectivity index (χ0v) is 10.4. The SMILES string of the molecule is CCN(Cc1ccco1)c1cc(F)cc(CN)c1. The number of nitrogens with zero attached hydrogens (tertiary/aromatic N) is 1. The third kappa shape index (κ3) is 2.90. The maximum Gasteiger partial charge on any atom is 0.125 e. The van der Waals surface area contributed by atoms with Crippen LogP contribution in [0.2, 0.25) is 0 Å². The van der Waals surface area contributed by atoms with Gasteiger partial charge >= 0.3 is 0 Å². The number of hydrogen-bond acceptors (Lipinski definition) is 3. The summed E-state index contributed by atoms with van der Waals surface area (Å²) in [7, 11) is 0. The maximum absolute atomic E-state index is 13.5. The Kier molecular flexibility index (Phi) is 3.99. The van der Waals surface area contributed by atoms with Crippen LogP contribution in [0.15, 0.2) is 41.0 Å². The summed E-state index contributed by atoms with van der Waals surface area (Å²) < 4.78 is 18.8. The molecule has 0 aliphatic rings. The largest absolute Gasteiger partial charge is 0.467 e. The number of furan rings is 1. The van der Waals surface area contributed by atoms with Crippen LogP contribution in [0.4, 0.5) is 10.1 Å². The molecule has 4 heteroatoms. The van der Waals surface area contributed by atoms with Gasteiger partial charge in [-0.25, -0.2) is 4.39 Å². The van der Waals surface area contributed by atoms with Crippen LogP contribution in [0.1, 0.15) is 18.2 Å². The molecule has 0 amide bonds. The zero-order chi connectivity index (χ0) is 13.0. The predicted molar refractivity (Wildman–Crippen MR) is 69.7 cm³/mol. The highest BCUT2D eigenvalue weighted by atomic mass is 19.1. The Morgan fingerprint density at radius 2 is 2.17 bits per heavy atom. The van der Waals surface area contributed by atoms with Gasteiger partial charge in [-0.1, -0.05) is 0 Å². The van der Waals surface area contributed by atoms with E-state index >= 15 is 0 Å². The summed E-state index contributed by atoms with van der Waals surface area (Å²) in [5, 5.41) is 0. The first kappa shape index (κ1) is 12.6. The van der Waals surface area contributed by atoms with E-state index in [9.17, 15) is 4.39 Å². The predicted octanol–water partition coefficient (Wildman–Crippen LogP) is 2.90. The van der Waals surface area contributed by atoms with E-state index in [1.54, 1.807) is 6.26 Å². The minimum Gasteiger partial charge on any atom is -0.467 e. The fraction of sp³-hybridized carbons (Fsp3) is 0.286. The van der Waals surface area contributed by atoms with Crippen molar-refractivity contribution in [2.45, 2.75) is 20.0 Å². The summed E-state index contributed by atoms with van der Waals surface area (Å²) >= 11 is 0. The van der Waals surface area contributed by atoms with Crippen molar-refractivity contribution in [3.8, 4) is 0 Å². The lowest BCUT2D eigenvalue weighted by molar-refractivity contribution is 0.503. The molecule has 2 rings (SSSR count). The Morgan fingerprint density at radius 3 is 2.78 bits per heavy atom. The molecule has 18 heavy (non-hydrogen) atoms. The molecule has 2 N–H and O–H groups in total. The van der Waals surface area contributed by atoms with Crippen molar-refractivity contribution in [2.24, 2.45) is 5.73 Å². The first-order chi connectivity index (χ1) is 8.72. The van der Waals surface area contributed by atoms with Crippen LogP contribution in [-0.4, -0.2) is 6.54 Å². The zero-order valence-electron chi connectivity index (χ0n) is 10.4. The van der Waals surface area contributed by atoms with E-state index in [0.29, 0.717) is 13.1 Å². The third-order valence-electron chi connectivity index (χ3n) is 2.85. The monoisotopic (exact) mass is 248 g/mol. The van der Waals surface area contributed by atoms with Gasteiger partial charge in [0.15, 0.2) is 0 Å². The van der Waals surface area contributed by atoms with Crippen molar-refractivity contribution < 1.29 is 8.81 Å². The Balaban J connectivity index is 2.24. The molecule has 3 nitrogen and oxygen atoms in total. The van der Waals surface area contributed by atoms with E-state index < -0.39 is 0 Å². The van der Waals surface area contributed by atoms with Crippen LogP contribution in [0.25, 0.3) is 0 Å². The second-order valence-electron chi connectivity index (χ2n) is 4.12. The van der Waals surface area contributed by atoms with Gasteiger partial charge in [-0.15, -0.1) is 0 Å². The smallest absolute Gasteiger partial charge is 0.125 e. The molecule has 0 unspecified atom stereocenters. The van der Waals surface area contributed by atoms with Crippen LogP contribution in [-0.2, 0) is 13.1 Å². The van der Waals surface area contributed by atoms with Gasteiger partial charge in [0.1, 0.15) is 11.6 Å². The van der Waals surface area contributed by atoms with Crippen molar-refractivity contribution >= 4 is 5.69 Å². The lowest BCUT2D eigenvalue weighted by Crippen LogP contribution is -2.22. The van der Waals surface area contributed by atoms with Gasteiger partial charge in [0.2, 0.25) is 0 Å². The lowest BCUT2D eigenvalue weighted by atomic mass is 10.1. The quantitative estimate of drug-likeness (QED) is 0.884. The van der Waals surface area contributed by atoms with E-state index in [1.807, 2.05) is 30.0 Å². The molecule has 0 atom stereocenters. The van der Waals surface area contributed by atoms with E-state index in [2.05, 4.69) is 0 Å². The van der Waals surface area contributed by atoms with E-state index in [0.717, 1.165) is 23.6 Å². The highest BCUT2D eigenvalue weighted by Crippen LogP contribution is 2.20. The number of rotatable bonds is 5. The van der Waals surface area contributed by atoms with E-state index in [-0.39, 0.29) is 5.82 Å². The first-order valence-corrected chi connectivity index (χ1v) is 5.99. The molecule has 0 aliphatic carbocycles. The number of halogens is 1. The Bertz CT molecular complexity index is 497. The minimum absolute atomic E-state index is 0.258. The fourth-order valence-corrected chi connectivity index (χ4v) is 1.91. The van der Waals surface area contributed by atoms with E-state index in [4.69, 9.17) is 10.2 Å². The highest BCUT2D eigenvalue weighted by molar-refractivity contribution is 5.49. The minimum atomic E-state index is -0.258. The van der Waals surface area contributed by atoms with Crippen molar-refractivity contribution in [2.75, 3.05) is 11.4 Å². The van der Waals surface area contributed by atoms with Crippen molar-refractivity contribution in [3.05, 3.63) is 53.7 Å². The van der Waals surface area contributed by atoms with Gasteiger partial charge < -0.3 is 15.1 Å². The van der Waals surface area contributed by atoms with Crippen LogP contribution < -0.4 is 10.6 Å². The molecule has 0 bridgehead atoms. The highest BCUT2D eigenvalue weighted by Gasteiger charge is 2.09. The molecular weight excluding hydrogens is 231 g/mol. The normalized spacial score (nSPS) is 10.6. The van der Waals surface area contributed by atoms with Gasteiger partial charge in [0.05, 0.1) is 12.8 Å². The van der Waals surface area contributed by atoms with Crippen LogP contribution in [0.3, 0.4) is 0 Å². The van der Waals surface area contributed by atoms with E-state index in [1.165, 1.54) is 12.1 Å². The number of hydrogen-bond donors (Lipinski definition) is 1. The second kappa shape index (κ2) is 5.69. The number of nitrogens with two attached hydrogens (primary N) is 1. The summed E-state index contributed by atoms with van der Waals surface area (Å²) in [6.07, 6.45) is 1.64. The molecule has 96 valence electrons. The molecular formula is C14H17FN2O. The molecule has 2 aromatic rings. The first-order valence-electron chi connectivity index (χ1n) is 5.99. The summed E-state index contributed by atoms with van der Waals surface area (Å²) in [5.74, 6) is 0.598. The van der Waals surface area contributed by atoms with Crippen LogP contribution in [0.5, 0.6) is 0 Å². The Labute approximate surface area is 106 Å². The molecule has 1 heterocycles. The average Bonchev–Trinajstić information content (AvgIpc) is 2.88. The molecule has 1 aromatic heterocycles. The molecule has 0 aliphatic heterocycles. The van der Waals surface area contributed by atoms with Gasteiger partial charge in [-0.3, -0.25) is 0 Å². The molecule has 0 saturated carbocycles. The van der Waals surface area contributed by atoms with Gasteiger partial charge in [0.25, 0.3) is 0 Å². The topological polar surface area (TPSA) is 42.4 Å². The molecule has 0 spiro atoms. The van der Waals surface area contributed by atoms with Crippen LogP contribution in [0, 0.1) is 5.82 Å². The molecule has 0 saturated heterocycles. The number of anilines is 1. The summed E-state index contributed by atoms with van der Waals surface area (Å²) in [6, 6.07) is 8.65. The van der Waals surface area contributed by atoms with Gasteiger partial charge in [-0.05, 0) is 42.8 Å². The standard InChI is InChI=1S/C14H17FN2O/c1-2-17(10-14-4-3-5-18-14)13-7-11(9-16)6-12(15)8-13/h3-8H,2,9-10,16H2,1H3. The van der Waals surface area contributed by atoms with Crippen molar-refractivity contribution in [1.29, 1.82) is 0 Å². The molecule has 0 fully saturated rings. The Morgan fingerprint density at radius 1 is 1.33 bits per heavy atom. The van der Waals surface area contributed by atoms with Gasteiger partial charge in [-0.2, -0.15) is 0 Å². The molecule has 0 radical (unpaired) electrons. The van der Waals surface area contributed by atoms with Gasteiger partial charge in [0, 0.05) is 18.8 Å².